The highest BCUT2D eigenvalue weighted by molar-refractivity contribution is 8.18. The average molecular weight is 378 g/mol. The van der Waals surface area contributed by atoms with E-state index in [2.05, 4.69) is 0 Å². The summed E-state index contributed by atoms with van der Waals surface area (Å²) in [4.78, 5) is 24.9. The molecule has 128 valence electrons. The molecule has 2 aromatic carbocycles. The van der Waals surface area contributed by atoms with Gasteiger partial charge in [-0.3, -0.25) is 14.5 Å². The number of thioether (sulfide) groups is 1. The fraction of sp³-hybridized carbons (Fsp3) is 0.111. The summed E-state index contributed by atoms with van der Waals surface area (Å²) >= 11 is 6.86. The van der Waals surface area contributed by atoms with Crippen molar-refractivity contribution < 1.29 is 18.7 Å². The van der Waals surface area contributed by atoms with Crippen LogP contribution in [-0.4, -0.2) is 23.1 Å². The van der Waals surface area contributed by atoms with Gasteiger partial charge in [0.25, 0.3) is 11.1 Å². The van der Waals surface area contributed by atoms with Crippen molar-refractivity contribution in [3.63, 3.8) is 0 Å². The van der Waals surface area contributed by atoms with Gasteiger partial charge in [0.05, 0.1) is 9.93 Å². The van der Waals surface area contributed by atoms with Crippen molar-refractivity contribution >= 4 is 40.6 Å². The molecule has 1 heterocycles. The van der Waals surface area contributed by atoms with Gasteiger partial charge in [-0.25, -0.2) is 4.39 Å². The third-order valence-corrected chi connectivity index (χ3v) is 4.90. The van der Waals surface area contributed by atoms with Crippen LogP contribution in [0.2, 0.25) is 5.02 Å². The summed E-state index contributed by atoms with van der Waals surface area (Å²) in [5.74, 6) is -0.261. The first-order chi connectivity index (χ1) is 12.0. The summed E-state index contributed by atoms with van der Waals surface area (Å²) in [6, 6.07) is 11.4. The summed E-state index contributed by atoms with van der Waals surface area (Å²) in [6.07, 6.45) is 1.62. The first kappa shape index (κ1) is 17.5. The van der Waals surface area contributed by atoms with Crippen LogP contribution in [0.5, 0.6) is 5.75 Å². The van der Waals surface area contributed by atoms with Gasteiger partial charge in [0.2, 0.25) is 0 Å². The highest BCUT2D eigenvalue weighted by atomic mass is 35.5. The van der Waals surface area contributed by atoms with Crippen molar-refractivity contribution in [2.75, 3.05) is 7.05 Å². The van der Waals surface area contributed by atoms with Crippen molar-refractivity contribution in [3.05, 3.63) is 69.3 Å². The summed E-state index contributed by atoms with van der Waals surface area (Å²) in [5, 5.41) is -0.00868. The number of imide groups is 1. The molecular weight excluding hydrogens is 365 g/mol. The zero-order valence-electron chi connectivity index (χ0n) is 13.2. The molecule has 0 aromatic heterocycles. The molecule has 4 nitrogen and oxygen atoms in total. The number of nitrogens with zero attached hydrogens (tertiary/aromatic N) is 1. The van der Waals surface area contributed by atoms with Crippen LogP contribution in [0.3, 0.4) is 0 Å². The van der Waals surface area contributed by atoms with Crippen LogP contribution in [0.15, 0.2) is 47.4 Å². The Morgan fingerprint density at radius 3 is 2.68 bits per heavy atom. The minimum absolute atomic E-state index is 0.0135. The lowest BCUT2D eigenvalue weighted by Gasteiger charge is -2.09. The van der Waals surface area contributed by atoms with Crippen LogP contribution in [0, 0.1) is 5.82 Å². The van der Waals surface area contributed by atoms with Gasteiger partial charge in [0, 0.05) is 12.6 Å². The van der Waals surface area contributed by atoms with Gasteiger partial charge in [-0.2, -0.15) is 0 Å². The Kier molecular flexibility index (Phi) is 5.11. The molecule has 2 amide bonds. The first-order valence-electron chi connectivity index (χ1n) is 7.33. The maximum absolute atomic E-state index is 13.8. The van der Waals surface area contributed by atoms with E-state index in [1.54, 1.807) is 36.4 Å². The van der Waals surface area contributed by atoms with Crippen LogP contribution < -0.4 is 4.74 Å². The SMILES string of the molecule is CN1C(=O)S/C(=C/c2cccc(OCc3c(F)cccc3Cl)c2)C1=O. The van der Waals surface area contributed by atoms with E-state index in [0.717, 1.165) is 16.7 Å². The maximum Gasteiger partial charge on any atom is 0.293 e. The van der Waals surface area contributed by atoms with E-state index in [4.69, 9.17) is 16.3 Å². The molecule has 0 aliphatic carbocycles. The van der Waals surface area contributed by atoms with Crippen molar-refractivity contribution in [1.82, 2.24) is 4.90 Å². The van der Waals surface area contributed by atoms with Crippen LogP contribution in [0.25, 0.3) is 6.08 Å². The third-order valence-electron chi connectivity index (χ3n) is 3.59. The largest absolute Gasteiger partial charge is 0.489 e. The van der Waals surface area contributed by atoms with Gasteiger partial charge in [-0.15, -0.1) is 0 Å². The molecule has 1 fully saturated rings. The first-order valence-corrected chi connectivity index (χ1v) is 8.52. The van der Waals surface area contributed by atoms with Gasteiger partial charge < -0.3 is 4.74 Å². The number of halogens is 2. The second kappa shape index (κ2) is 7.29. The topological polar surface area (TPSA) is 46.6 Å². The number of hydrogen-bond acceptors (Lipinski definition) is 4. The number of rotatable bonds is 4. The molecule has 0 saturated carbocycles. The van der Waals surface area contributed by atoms with Crippen LogP contribution in [0.4, 0.5) is 9.18 Å². The van der Waals surface area contributed by atoms with Crippen molar-refractivity contribution in [1.29, 1.82) is 0 Å². The minimum atomic E-state index is -0.430. The third kappa shape index (κ3) is 3.86. The Morgan fingerprint density at radius 2 is 2.00 bits per heavy atom. The Balaban J connectivity index is 1.76. The molecule has 1 aliphatic heterocycles. The number of hydrogen-bond donors (Lipinski definition) is 0. The van der Waals surface area contributed by atoms with Gasteiger partial charge in [0.1, 0.15) is 18.2 Å². The molecule has 1 saturated heterocycles. The van der Waals surface area contributed by atoms with E-state index < -0.39 is 5.82 Å². The molecule has 3 rings (SSSR count). The fourth-order valence-corrected chi connectivity index (χ4v) is 3.26. The van der Waals surface area contributed by atoms with E-state index in [9.17, 15) is 14.0 Å². The monoisotopic (exact) mass is 377 g/mol. The Labute approximate surface area is 153 Å². The fourth-order valence-electron chi connectivity index (χ4n) is 2.22. The van der Waals surface area contributed by atoms with Gasteiger partial charge in [-0.1, -0.05) is 29.8 Å². The minimum Gasteiger partial charge on any atom is -0.489 e. The van der Waals surface area contributed by atoms with Crippen LogP contribution in [0.1, 0.15) is 11.1 Å². The number of carbonyl (C=O) groups excluding carboxylic acids is 2. The average Bonchev–Trinajstić information content (AvgIpc) is 2.82. The predicted octanol–water partition coefficient (Wildman–Crippen LogP) is 4.72. The smallest absolute Gasteiger partial charge is 0.293 e. The van der Waals surface area contributed by atoms with Gasteiger partial charge in [0.15, 0.2) is 0 Å². The molecule has 25 heavy (non-hydrogen) atoms. The highest BCUT2D eigenvalue weighted by Crippen LogP contribution is 2.31. The molecule has 0 spiro atoms. The summed E-state index contributed by atoms with van der Waals surface area (Å²) in [6.45, 7) is -0.0135. The lowest BCUT2D eigenvalue weighted by molar-refractivity contribution is -0.121. The number of benzene rings is 2. The summed E-state index contributed by atoms with van der Waals surface area (Å²) in [5.41, 5.74) is 0.984. The lowest BCUT2D eigenvalue weighted by atomic mass is 10.2. The maximum atomic E-state index is 13.8. The number of likely N-dealkylation sites (N-methyl/N-ethyl adjacent to an activating group) is 1. The van der Waals surface area contributed by atoms with E-state index in [1.807, 2.05) is 0 Å². The van der Waals surface area contributed by atoms with E-state index >= 15 is 0 Å². The Morgan fingerprint density at radius 1 is 1.24 bits per heavy atom. The second-order valence-corrected chi connectivity index (χ2v) is 6.70. The normalized spacial score (nSPS) is 16.0. The van der Waals surface area contributed by atoms with Crippen molar-refractivity contribution in [2.45, 2.75) is 6.61 Å². The Bertz CT molecular complexity index is 864. The van der Waals surface area contributed by atoms with E-state index in [0.29, 0.717) is 21.2 Å². The van der Waals surface area contributed by atoms with E-state index in [1.165, 1.54) is 19.2 Å². The van der Waals surface area contributed by atoms with Gasteiger partial charge in [-0.05, 0) is 47.7 Å². The number of ether oxygens (including phenoxy) is 1. The molecule has 0 atom stereocenters. The summed E-state index contributed by atoms with van der Waals surface area (Å²) in [7, 11) is 1.44. The molecule has 7 heteroatoms. The van der Waals surface area contributed by atoms with Crippen molar-refractivity contribution in [2.24, 2.45) is 0 Å². The number of carbonyl (C=O) groups is 2. The standard InChI is InChI=1S/C18H13ClFNO3S/c1-21-17(22)16(25-18(21)23)9-11-4-2-5-12(8-11)24-10-13-14(19)6-3-7-15(13)20/h2-9H,10H2,1H3/b16-9+. The zero-order chi connectivity index (χ0) is 18.0. The molecule has 0 bridgehead atoms. The van der Waals surface area contributed by atoms with Crippen molar-refractivity contribution in [3.8, 4) is 5.75 Å². The molecule has 0 N–H and O–H groups in total. The summed E-state index contributed by atoms with van der Waals surface area (Å²) < 4.78 is 19.4. The molecular formula is C18H13ClFNO3S. The lowest BCUT2D eigenvalue weighted by Crippen LogP contribution is -2.22. The molecule has 0 unspecified atom stereocenters. The Hall–Kier alpha value is -2.31. The number of amides is 2. The molecule has 1 aliphatic rings. The van der Waals surface area contributed by atoms with Crippen LogP contribution in [-0.2, 0) is 11.4 Å². The second-order valence-electron chi connectivity index (χ2n) is 5.30. The quantitative estimate of drug-likeness (QED) is 0.723. The highest BCUT2D eigenvalue weighted by Gasteiger charge is 2.31. The van der Waals surface area contributed by atoms with E-state index in [-0.39, 0.29) is 23.3 Å². The molecule has 2 aromatic rings. The predicted molar refractivity (Wildman–Crippen MR) is 95.9 cm³/mol. The van der Waals surface area contributed by atoms with Crippen LogP contribution >= 0.6 is 23.4 Å². The molecule has 0 radical (unpaired) electrons. The van der Waals surface area contributed by atoms with Gasteiger partial charge >= 0.3 is 0 Å². The zero-order valence-corrected chi connectivity index (χ0v) is 14.7.